The zero-order valence-corrected chi connectivity index (χ0v) is 15.8. The van der Waals surface area contributed by atoms with E-state index in [-0.39, 0.29) is 76.1 Å². The van der Waals surface area contributed by atoms with Gasteiger partial charge < -0.3 is 5.11 Å². The molecule has 1 saturated heterocycles. The molecule has 1 aliphatic carbocycles. The number of likely N-dealkylation sites (tertiary alicyclic amines) is 1. The minimum Gasteiger partial charge on any atom is -0.854 e. The Hall–Kier alpha value is 1.31. The minimum absolute atomic E-state index is 0. The van der Waals surface area contributed by atoms with E-state index in [9.17, 15) is 18.3 Å². The van der Waals surface area contributed by atoms with Gasteiger partial charge >= 0.3 is 57.7 Å². The second-order valence-electron chi connectivity index (χ2n) is 5.17. The molecule has 0 N–H and O–H groups in total. The van der Waals surface area contributed by atoms with Crippen LogP contribution in [0.4, 0.5) is 13.2 Å². The van der Waals surface area contributed by atoms with Crippen molar-refractivity contribution < 1.29 is 74.4 Å². The fourth-order valence-corrected chi connectivity index (χ4v) is 2.44. The Morgan fingerprint density at radius 3 is 2.35 bits per heavy atom. The molecule has 20 heavy (non-hydrogen) atoms. The van der Waals surface area contributed by atoms with Crippen molar-refractivity contribution in [1.82, 2.24) is 4.90 Å². The predicted octanol–water partition coefficient (Wildman–Crippen LogP) is -0.842. The second kappa shape index (κ2) is 9.45. The topological polar surface area (TPSA) is 35.5 Å². The van der Waals surface area contributed by atoms with Gasteiger partial charge in [0.15, 0.2) is 0 Å². The van der Waals surface area contributed by atoms with Crippen molar-refractivity contribution in [2.75, 3.05) is 26.3 Å². The van der Waals surface area contributed by atoms with E-state index < -0.39 is 6.36 Å². The average Bonchev–Trinajstić information content (AvgIpc) is 3.00. The van der Waals surface area contributed by atoms with Gasteiger partial charge in [-0.1, -0.05) is 13.8 Å². The molecular formula is C13H23F3KNO2. The Bertz CT molecular complexity index is 273. The van der Waals surface area contributed by atoms with Crippen LogP contribution >= 0.6 is 0 Å². The van der Waals surface area contributed by atoms with Crippen LogP contribution in [0.2, 0.25) is 0 Å². The maximum Gasteiger partial charge on any atom is 1.00 e. The molecule has 0 radical (unpaired) electrons. The average molecular weight is 321 g/mol. The number of hydrogen-bond acceptors (Lipinski definition) is 3. The van der Waals surface area contributed by atoms with Crippen LogP contribution in [0.15, 0.2) is 0 Å². The second-order valence-corrected chi connectivity index (χ2v) is 5.17. The van der Waals surface area contributed by atoms with Crippen LogP contribution in [-0.2, 0) is 4.74 Å². The van der Waals surface area contributed by atoms with Crippen LogP contribution in [0.25, 0.3) is 0 Å². The zero-order chi connectivity index (χ0) is 14.5. The summed E-state index contributed by atoms with van der Waals surface area (Å²) in [5.41, 5.74) is -0.152. The third-order valence-electron chi connectivity index (χ3n) is 3.74. The van der Waals surface area contributed by atoms with Gasteiger partial charge in [-0.25, -0.2) is 0 Å². The number of halogens is 3. The van der Waals surface area contributed by atoms with Gasteiger partial charge in [0.25, 0.3) is 0 Å². The van der Waals surface area contributed by atoms with E-state index >= 15 is 0 Å². The van der Waals surface area contributed by atoms with E-state index in [4.69, 9.17) is 0 Å². The van der Waals surface area contributed by atoms with Crippen molar-refractivity contribution in [3.63, 3.8) is 0 Å². The molecule has 2 fully saturated rings. The largest absolute Gasteiger partial charge is 1.00 e. The van der Waals surface area contributed by atoms with Crippen LogP contribution in [0.1, 0.15) is 39.5 Å². The smallest absolute Gasteiger partial charge is 0.854 e. The summed E-state index contributed by atoms with van der Waals surface area (Å²) < 4.78 is 39.8. The third-order valence-corrected chi connectivity index (χ3v) is 3.74. The van der Waals surface area contributed by atoms with Gasteiger partial charge in [-0.3, -0.25) is 9.64 Å². The predicted molar refractivity (Wildman–Crippen MR) is 64.5 cm³/mol. The molecule has 0 amide bonds. The number of alkyl halides is 3. The Morgan fingerprint density at radius 1 is 1.30 bits per heavy atom. The normalized spacial score (nSPS) is 24.6. The van der Waals surface area contributed by atoms with E-state index in [1.807, 2.05) is 18.7 Å². The third kappa shape index (κ3) is 7.04. The van der Waals surface area contributed by atoms with Crippen molar-refractivity contribution in [3.05, 3.63) is 0 Å². The zero-order valence-electron chi connectivity index (χ0n) is 12.6. The summed E-state index contributed by atoms with van der Waals surface area (Å²) in [4.78, 5) is 2.00. The molecule has 0 bridgehead atoms. The first-order chi connectivity index (χ1) is 8.94. The number of ether oxygens (including phenoxy) is 1. The molecule has 0 aromatic heterocycles. The summed E-state index contributed by atoms with van der Waals surface area (Å²) in [6.07, 6.45) is -1.10. The van der Waals surface area contributed by atoms with Crippen molar-refractivity contribution in [3.8, 4) is 0 Å². The molecule has 7 heteroatoms. The quantitative estimate of drug-likeness (QED) is 0.620. The molecule has 3 nitrogen and oxygen atoms in total. The summed E-state index contributed by atoms with van der Waals surface area (Å²) in [7, 11) is 0. The minimum atomic E-state index is -4.55. The first-order valence-electron chi connectivity index (χ1n) is 6.97. The molecule has 0 spiro atoms. The summed E-state index contributed by atoms with van der Waals surface area (Å²) in [6.45, 7) is 5.00. The van der Waals surface area contributed by atoms with E-state index in [0.717, 1.165) is 32.2 Å². The fraction of sp³-hybridized carbons (Fsp3) is 1.00. The van der Waals surface area contributed by atoms with Crippen LogP contribution in [-0.4, -0.2) is 43.6 Å². The first-order valence-corrected chi connectivity index (χ1v) is 6.97. The number of hydrogen-bond donors (Lipinski definition) is 0. The molecule has 1 unspecified atom stereocenters. The molecule has 1 aliphatic heterocycles. The van der Waals surface area contributed by atoms with E-state index in [0.29, 0.717) is 6.54 Å². The van der Waals surface area contributed by atoms with E-state index in [1.54, 1.807) is 0 Å². The summed E-state index contributed by atoms with van der Waals surface area (Å²) in [5.74, 6) is 0. The molecule has 0 aromatic carbocycles. The Labute approximate surface area is 161 Å². The molecule has 1 saturated carbocycles. The number of nitrogens with zero attached hydrogens (tertiary/aromatic N) is 1. The number of rotatable bonds is 5. The van der Waals surface area contributed by atoms with Gasteiger partial charge in [-0.2, -0.15) is 0 Å². The molecule has 2 rings (SSSR count). The van der Waals surface area contributed by atoms with E-state index in [1.165, 1.54) is 0 Å². The molecule has 0 aromatic rings. The van der Waals surface area contributed by atoms with Crippen molar-refractivity contribution >= 4 is 0 Å². The molecular weight excluding hydrogens is 298 g/mol. The van der Waals surface area contributed by atoms with Crippen LogP contribution in [0, 0.1) is 5.41 Å². The molecule has 1 heterocycles. The van der Waals surface area contributed by atoms with Crippen LogP contribution < -0.4 is 56.5 Å². The van der Waals surface area contributed by atoms with Gasteiger partial charge in [0, 0.05) is 12.6 Å². The van der Waals surface area contributed by atoms with Crippen LogP contribution in [0.3, 0.4) is 0 Å². The van der Waals surface area contributed by atoms with Gasteiger partial charge in [0.05, 0.1) is 6.61 Å². The van der Waals surface area contributed by atoms with E-state index in [2.05, 4.69) is 4.74 Å². The Morgan fingerprint density at radius 2 is 1.90 bits per heavy atom. The van der Waals surface area contributed by atoms with Gasteiger partial charge in [-0.05, 0) is 37.6 Å². The summed E-state index contributed by atoms with van der Waals surface area (Å²) in [5, 5.41) is 11.0. The maximum atomic E-state index is 12.0. The SMILES string of the molecule is CC.[K+].[O-]CC1(CN2CCCC2COC(F)(F)F)CC1. The Balaban J connectivity index is 0.00000115. The van der Waals surface area contributed by atoms with Crippen molar-refractivity contribution in [2.45, 2.75) is 51.9 Å². The van der Waals surface area contributed by atoms with Crippen LogP contribution in [0.5, 0.6) is 0 Å². The van der Waals surface area contributed by atoms with Gasteiger partial charge in [-0.15, -0.1) is 19.8 Å². The summed E-state index contributed by atoms with van der Waals surface area (Å²) in [6, 6.07) is -0.180. The molecule has 114 valence electrons. The first kappa shape index (κ1) is 21.3. The van der Waals surface area contributed by atoms with Crippen molar-refractivity contribution in [2.24, 2.45) is 5.41 Å². The summed E-state index contributed by atoms with van der Waals surface area (Å²) >= 11 is 0. The molecule has 1 atom stereocenters. The fourth-order valence-electron chi connectivity index (χ4n) is 2.44. The van der Waals surface area contributed by atoms with Gasteiger partial charge in [0.1, 0.15) is 0 Å². The monoisotopic (exact) mass is 321 g/mol. The molecule has 2 aliphatic rings. The standard InChI is InChI=1S/C11H17F3NO2.C2H6.K/c12-11(13,14)17-6-9-2-1-5-15(9)7-10(8-16)3-4-10;1-2;/h9H,1-8H2;1-2H3;/q-1;;+1. The van der Waals surface area contributed by atoms with Gasteiger partial charge in [0.2, 0.25) is 0 Å². The maximum absolute atomic E-state index is 12.0. The Kier molecular flexibility index (Phi) is 10.1. The van der Waals surface area contributed by atoms with Crippen molar-refractivity contribution in [1.29, 1.82) is 0 Å².